The van der Waals surface area contributed by atoms with Crippen molar-refractivity contribution in [1.82, 2.24) is 14.3 Å². The fourth-order valence-corrected chi connectivity index (χ4v) is 5.28. The molecule has 8 heteroatoms. The highest BCUT2D eigenvalue weighted by Crippen LogP contribution is 2.61. The maximum atomic E-state index is 13.0. The molecule has 2 aliphatic heterocycles. The molecular formula is C20H21N4O3P. The van der Waals surface area contributed by atoms with Crippen LogP contribution in [0.2, 0.25) is 0 Å². The Morgan fingerprint density at radius 2 is 1.79 bits per heavy atom. The third kappa shape index (κ3) is 3.50. The number of anilines is 1. The number of para-hydroxylation sites is 1. The molecule has 0 radical (unpaired) electrons. The van der Waals surface area contributed by atoms with E-state index in [1.807, 2.05) is 51.8 Å². The maximum Gasteiger partial charge on any atom is 0.346 e. The average Bonchev–Trinajstić information content (AvgIpc) is 3.59. The third-order valence-electron chi connectivity index (χ3n) is 4.83. The molecule has 2 saturated heterocycles. The number of nitrogens with two attached hydrogens (primary N) is 1. The summed E-state index contributed by atoms with van der Waals surface area (Å²) in [7, 11) is -2.84. The van der Waals surface area contributed by atoms with Crippen LogP contribution in [0.5, 0.6) is 11.5 Å². The average molecular weight is 396 g/mol. The summed E-state index contributed by atoms with van der Waals surface area (Å²) in [5.74, 6) is 1.15. The van der Waals surface area contributed by atoms with Gasteiger partial charge in [-0.15, -0.1) is 0 Å². The molecule has 1 aromatic heterocycles. The van der Waals surface area contributed by atoms with Gasteiger partial charge in [0.2, 0.25) is 0 Å². The molecule has 0 aliphatic carbocycles. The second kappa shape index (κ2) is 6.87. The van der Waals surface area contributed by atoms with Crippen molar-refractivity contribution in [2.24, 2.45) is 0 Å². The number of nitrogen functional groups attached to an aromatic ring is 1. The van der Waals surface area contributed by atoms with Gasteiger partial charge in [0.1, 0.15) is 5.75 Å². The second-order valence-electron chi connectivity index (χ2n) is 7.01. The molecule has 0 spiro atoms. The van der Waals surface area contributed by atoms with Gasteiger partial charge in [-0.25, -0.2) is 9.34 Å². The van der Waals surface area contributed by atoms with Gasteiger partial charge in [-0.3, -0.25) is 9.55 Å². The number of fused-ring (bicyclic) bond motifs is 1. The first kappa shape index (κ1) is 17.6. The quantitative estimate of drug-likeness (QED) is 0.369. The minimum Gasteiger partial charge on any atom is -0.454 e. The van der Waals surface area contributed by atoms with Crippen molar-refractivity contribution in [3.8, 4) is 11.5 Å². The molecule has 5 rings (SSSR count). The highest BCUT2D eigenvalue weighted by molar-refractivity contribution is 7.54. The van der Waals surface area contributed by atoms with Crippen LogP contribution in [0.15, 0.2) is 54.7 Å². The SMILES string of the molecule is Nc1ccc(COP(=O)(N2CC2)N2CC2)cc1Oc1cnc2ccccc2c1. The van der Waals surface area contributed by atoms with Crippen molar-refractivity contribution in [3.63, 3.8) is 0 Å². The van der Waals surface area contributed by atoms with Gasteiger partial charge in [0.25, 0.3) is 0 Å². The van der Waals surface area contributed by atoms with Crippen molar-refractivity contribution < 1.29 is 13.8 Å². The van der Waals surface area contributed by atoms with Crippen LogP contribution in [0.4, 0.5) is 5.69 Å². The van der Waals surface area contributed by atoms with E-state index in [4.69, 9.17) is 15.0 Å². The highest BCUT2D eigenvalue weighted by Gasteiger charge is 2.49. The number of aromatic nitrogens is 1. The zero-order chi connectivity index (χ0) is 19.1. The van der Waals surface area contributed by atoms with Crippen LogP contribution in [0.3, 0.4) is 0 Å². The number of hydrogen-bond donors (Lipinski definition) is 1. The lowest BCUT2D eigenvalue weighted by Crippen LogP contribution is -2.08. The molecule has 0 saturated carbocycles. The summed E-state index contributed by atoms with van der Waals surface area (Å²) in [6.07, 6.45) is 1.68. The predicted molar refractivity (Wildman–Crippen MR) is 108 cm³/mol. The van der Waals surface area contributed by atoms with Gasteiger partial charge in [0.15, 0.2) is 5.75 Å². The molecule has 144 valence electrons. The first-order valence-electron chi connectivity index (χ1n) is 9.28. The Balaban J connectivity index is 1.34. The number of benzene rings is 2. The Morgan fingerprint density at radius 3 is 2.54 bits per heavy atom. The predicted octanol–water partition coefficient (Wildman–Crippen LogP) is 3.87. The summed E-state index contributed by atoms with van der Waals surface area (Å²) in [6, 6.07) is 15.3. The van der Waals surface area contributed by atoms with Crippen LogP contribution < -0.4 is 10.5 Å². The molecule has 0 atom stereocenters. The Kier molecular flexibility index (Phi) is 4.33. The first-order chi connectivity index (χ1) is 13.6. The van der Waals surface area contributed by atoms with E-state index in [0.717, 1.165) is 42.6 Å². The normalized spacial score (nSPS) is 17.0. The first-order valence-corrected chi connectivity index (χ1v) is 10.8. The van der Waals surface area contributed by atoms with Crippen LogP contribution in [0.25, 0.3) is 10.9 Å². The Hall–Kier alpha value is -2.44. The van der Waals surface area contributed by atoms with Crippen molar-refractivity contribution in [1.29, 1.82) is 0 Å². The lowest BCUT2D eigenvalue weighted by molar-refractivity contribution is 0.263. The fourth-order valence-electron chi connectivity index (χ4n) is 3.09. The molecule has 7 nitrogen and oxygen atoms in total. The van der Waals surface area contributed by atoms with E-state index in [1.54, 1.807) is 12.3 Å². The molecule has 3 heterocycles. The van der Waals surface area contributed by atoms with E-state index in [2.05, 4.69) is 4.98 Å². The zero-order valence-electron chi connectivity index (χ0n) is 15.3. The van der Waals surface area contributed by atoms with Gasteiger partial charge in [-0.1, -0.05) is 24.3 Å². The number of ether oxygens (including phenoxy) is 1. The van der Waals surface area contributed by atoms with Crippen LogP contribution >= 0.6 is 7.67 Å². The molecule has 28 heavy (non-hydrogen) atoms. The van der Waals surface area contributed by atoms with Crippen molar-refractivity contribution in [3.05, 3.63) is 60.3 Å². The minimum absolute atomic E-state index is 0.247. The summed E-state index contributed by atoms with van der Waals surface area (Å²) in [4.78, 5) is 4.41. The van der Waals surface area contributed by atoms with Gasteiger partial charge in [0.05, 0.1) is 24.0 Å². The highest BCUT2D eigenvalue weighted by atomic mass is 31.2. The zero-order valence-corrected chi connectivity index (χ0v) is 16.2. The molecule has 2 N–H and O–H groups in total. The monoisotopic (exact) mass is 396 g/mol. The lowest BCUT2D eigenvalue weighted by atomic mass is 10.2. The van der Waals surface area contributed by atoms with Gasteiger partial charge in [-0.05, 0) is 29.8 Å². The summed E-state index contributed by atoms with van der Waals surface area (Å²) in [5.41, 5.74) is 8.39. The Morgan fingerprint density at radius 1 is 1.04 bits per heavy atom. The Labute approximate surface area is 163 Å². The number of nitrogens with zero attached hydrogens (tertiary/aromatic N) is 3. The van der Waals surface area contributed by atoms with E-state index in [9.17, 15) is 4.57 Å². The largest absolute Gasteiger partial charge is 0.454 e. The molecule has 0 unspecified atom stereocenters. The van der Waals surface area contributed by atoms with Crippen LogP contribution in [0.1, 0.15) is 5.56 Å². The lowest BCUT2D eigenvalue weighted by Gasteiger charge is -2.20. The molecule has 0 amide bonds. The van der Waals surface area contributed by atoms with E-state index in [0.29, 0.717) is 17.2 Å². The van der Waals surface area contributed by atoms with Gasteiger partial charge >= 0.3 is 7.67 Å². The number of rotatable bonds is 7. The van der Waals surface area contributed by atoms with Gasteiger partial charge in [0, 0.05) is 31.6 Å². The van der Waals surface area contributed by atoms with E-state index in [1.165, 1.54) is 0 Å². The standard InChI is InChI=1S/C20H21N4O3P/c21-18-6-5-15(14-26-28(25,23-7-8-23)24-9-10-24)11-20(18)27-17-12-16-3-1-2-4-19(16)22-13-17/h1-6,11-13H,7-10,14,21H2. The number of hydrogen-bond acceptors (Lipinski definition) is 5. The van der Waals surface area contributed by atoms with E-state index >= 15 is 0 Å². The summed E-state index contributed by atoms with van der Waals surface area (Å²) < 4.78 is 28.7. The maximum absolute atomic E-state index is 13.0. The van der Waals surface area contributed by atoms with Crippen LogP contribution in [-0.4, -0.2) is 40.5 Å². The molecular weight excluding hydrogens is 375 g/mol. The summed E-state index contributed by atoms with van der Waals surface area (Å²) in [5, 5.41) is 0.996. The van der Waals surface area contributed by atoms with E-state index in [-0.39, 0.29) is 6.61 Å². The minimum atomic E-state index is -2.84. The number of pyridine rings is 1. The second-order valence-corrected chi connectivity index (χ2v) is 9.38. The summed E-state index contributed by atoms with van der Waals surface area (Å²) >= 11 is 0. The summed E-state index contributed by atoms with van der Waals surface area (Å²) in [6.45, 7) is 3.58. The van der Waals surface area contributed by atoms with E-state index < -0.39 is 7.67 Å². The Bertz CT molecular complexity index is 1070. The van der Waals surface area contributed by atoms with Crippen LogP contribution in [0, 0.1) is 0 Å². The third-order valence-corrected chi connectivity index (χ3v) is 7.53. The smallest absolute Gasteiger partial charge is 0.346 e. The molecule has 2 aliphatic rings. The van der Waals surface area contributed by atoms with Crippen LogP contribution in [-0.2, 0) is 15.7 Å². The fraction of sp³-hybridized carbons (Fsp3) is 0.250. The van der Waals surface area contributed by atoms with Crippen molar-refractivity contribution in [2.75, 3.05) is 31.9 Å². The van der Waals surface area contributed by atoms with Crippen molar-refractivity contribution in [2.45, 2.75) is 6.61 Å². The molecule has 3 aromatic rings. The topological polar surface area (TPSA) is 80.5 Å². The molecule has 2 aromatic carbocycles. The van der Waals surface area contributed by atoms with Gasteiger partial charge < -0.3 is 15.0 Å². The molecule has 0 bridgehead atoms. The van der Waals surface area contributed by atoms with Gasteiger partial charge in [-0.2, -0.15) is 0 Å². The van der Waals surface area contributed by atoms with Crippen molar-refractivity contribution >= 4 is 24.3 Å². The molecule has 2 fully saturated rings.